The zero-order chi connectivity index (χ0) is 24.6. The molecule has 6 rings (SSSR count). The molecule has 4 aliphatic rings. The van der Waals surface area contributed by atoms with Gasteiger partial charge in [-0.1, -0.05) is 17.7 Å². The van der Waals surface area contributed by atoms with Gasteiger partial charge in [0.15, 0.2) is 6.61 Å². The van der Waals surface area contributed by atoms with Gasteiger partial charge in [-0.05, 0) is 81.5 Å². The molecule has 2 aromatic rings. The monoisotopic (exact) mass is 501 g/mol. The number of hydrogen-bond donors (Lipinski definition) is 3. The Bertz CT molecular complexity index is 1150. The van der Waals surface area contributed by atoms with E-state index in [1.165, 1.54) is 17.7 Å². The van der Waals surface area contributed by atoms with Crippen LogP contribution in [0.4, 0.5) is 4.39 Å². The van der Waals surface area contributed by atoms with Gasteiger partial charge in [-0.2, -0.15) is 0 Å². The molecule has 3 N–H and O–H groups in total. The average Bonchev–Trinajstić information content (AvgIpc) is 2.85. The Morgan fingerprint density at radius 3 is 2.63 bits per heavy atom. The van der Waals surface area contributed by atoms with Crippen LogP contribution in [0.25, 0.3) is 0 Å². The van der Waals surface area contributed by atoms with Crippen LogP contribution in [0.5, 0.6) is 5.75 Å². The molecule has 7 nitrogen and oxygen atoms in total. The number of pyridine rings is 1. The van der Waals surface area contributed by atoms with E-state index in [1.54, 1.807) is 6.07 Å². The van der Waals surface area contributed by atoms with Crippen molar-refractivity contribution in [2.75, 3.05) is 6.61 Å². The molecule has 0 saturated heterocycles. The van der Waals surface area contributed by atoms with Crippen LogP contribution in [0.3, 0.4) is 0 Å². The smallest absolute Gasteiger partial charge is 0.270 e. The summed E-state index contributed by atoms with van der Waals surface area (Å²) in [4.78, 5) is 30.2. The number of aryl methyl sites for hydroxylation is 2. The molecule has 0 spiro atoms. The number of benzene rings is 1. The van der Waals surface area contributed by atoms with E-state index in [4.69, 9.17) is 16.3 Å². The van der Waals surface area contributed by atoms with Gasteiger partial charge in [0, 0.05) is 17.3 Å². The molecule has 4 aliphatic carbocycles. The summed E-state index contributed by atoms with van der Waals surface area (Å²) in [5.41, 5.74) is 1.32. The molecule has 1 atom stereocenters. The van der Waals surface area contributed by atoms with Crippen LogP contribution >= 0.6 is 11.6 Å². The molecule has 3 saturated carbocycles. The number of carbonyl (C=O) groups excluding carboxylic acids is 2. The van der Waals surface area contributed by atoms with Crippen LogP contribution in [0.2, 0.25) is 5.02 Å². The molecular weight excluding hydrogens is 473 g/mol. The van der Waals surface area contributed by atoms with Crippen LogP contribution < -0.4 is 15.4 Å². The lowest BCUT2D eigenvalue weighted by Crippen LogP contribution is -2.70. The van der Waals surface area contributed by atoms with Crippen molar-refractivity contribution in [2.45, 2.75) is 75.0 Å². The first kappa shape index (κ1) is 24.0. The third-order valence-electron chi connectivity index (χ3n) is 7.76. The SMILES string of the molecule is O=C(COc1ccc(Cl)c(F)c1)NC12CCC(NC(=O)c3ccc4c(n3)CCCC4)(CC1)[C@@H](O)C2. The van der Waals surface area contributed by atoms with Crippen molar-refractivity contribution in [3.8, 4) is 5.75 Å². The molecule has 9 heteroatoms. The summed E-state index contributed by atoms with van der Waals surface area (Å²) in [6.07, 6.45) is 6.04. The van der Waals surface area contributed by atoms with Gasteiger partial charge in [0.2, 0.25) is 0 Å². The van der Waals surface area contributed by atoms with Gasteiger partial charge in [0.25, 0.3) is 11.8 Å². The van der Waals surface area contributed by atoms with Crippen molar-refractivity contribution in [2.24, 2.45) is 0 Å². The second-order valence-corrected chi connectivity index (χ2v) is 10.4. The van der Waals surface area contributed by atoms with E-state index in [0.29, 0.717) is 37.8 Å². The van der Waals surface area contributed by atoms with Crippen molar-refractivity contribution in [3.63, 3.8) is 0 Å². The molecule has 35 heavy (non-hydrogen) atoms. The number of rotatable bonds is 6. The number of nitrogens with zero attached hydrogens (tertiary/aromatic N) is 1. The zero-order valence-electron chi connectivity index (χ0n) is 19.4. The Balaban J connectivity index is 1.18. The fourth-order valence-corrected chi connectivity index (χ4v) is 5.83. The number of aliphatic hydroxyl groups is 1. The highest BCUT2D eigenvalue weighted by Gasteiger charge is 2.55. The number of nitrogens with one attached hydrogen (secondary N) is 2. The van der Waals surface area contributed by atoms with Crippen LogP contribution in [0.1, 0.15) is 66.7 Å². The van der Waals surface area contributed by atoms with Gasteiger partial charge < -0.3 is 20.5 Å². The second kappa shape index (κ2) is 9.39. The first-order chi connectivity index (χ1) is 16.8. The van der Waals surface area contributed by atoms with Crippen molar-refractivity contribution >= 4 is 23.4 Å². The molecule has 2 bridgehead atoms. The van der Waals surface area contributed by atoms with Gasteiger partial charge in [-0.3, -0.25) is 9.59 Å². The lowest BCUT2D eigenvalue weighted by atomic mass is 9.60. The highest BCUT2D eigenvalue weighted by molar-refractivity contribution is 6.30. The van der Waals surface area contributed by atoms with Gasteiger partial charge in [0.1, 0.15) is 17.3 Å². The molecule has 1 heterocycles. The average molecular weight is 502 g/mol. The molecule has 0 aliphatic heterocycles. The standard InChI is InChI=1S/C26H29ClFN3O4/c27-18-7-6-17(13-19(18)28)35-15-23(33)30-25-9-11-26(12-10-25,22(32)14-25)31-24(34)21-8-5-16-3-1-2-4-20(16)29-21/h5-8,13,22,32H,1-4,9-12,14-15H2,(H,30,33)(H,31,34)/t22-,25?,26?/m0/s1. The number of halogens is 2. The Labute approximate surface area is 208 Å². The Kier molecular flexibility index (Phi) is 6.44. The van der Waals surface area contributed by atoms with E-state index in [1.807, 2.05) is 6.07 Å². The molecule has 1 aromatic heterocycles. The minimum atomic E-state index is -0.793. The highest BCUT2D eigenvalue weighted by Crippen LogP contribution is 2.47. The maximum Gasteiger partial charge on any atom is 0.270 e. The molecular formula is C26H29ClFN3O4. The third-order valence-corrected chi connectivity index (χ3v) is 8.07. The normalized spacial score (nSPS) is 27.1. The number of amides is 2. The zero-order valence-corrected chi connectivity index (χ0v) is 20.2. The van der Waals surface area contributed by atoms with Gasteiger partial charge in [0.05, 0.1) is 16.7 Å². The highest BCUT2D eigenvalue weighted by atomic mass is 35.5. The third kappa shape index (κ3) is 4.86. The summed E-state index contributed by atoms with van der Waals surface area (Å²) in [7, 11) is 0. The summed E-state index contributed by atoms with van der Waals surface area (Å²) >= 11 is 5.67. The van der Waals surface area contributed by atoms with E-state index >= 15 is 0 Å². The topological polar surface area (TPSA) is 101 Å². The summed E-state index contributed by atoms with van der Waals surface area (Å²) < 4.78 is 19.0. The van der Waals surface area contributed by atoms with Crippen molar-refractivity contribution < 1.29 is 23.8 Å². The largest absolute Gasteiger partial charge is 0.484 e. The van der Waals surface area contributed by atoms with E-state index < -0.39 is 23.0 Å². The predicted molar refractivity (Wildman–Crippen MR) is 128 cm³/mol. The van der Waals surface area contributed by atoms with Gasteiger partial charge in [-0.25, -0.2) is 9.37 Å². The number of hydrogen-bond acceptors (Lipinski definition) is 5. The summed E-state index contributed by atoms with van der Waals surface area (Å²) in [5.74, 6) is -1.01. The molecule has 2 amide bonds. The fraction of sp³-hybridized carbons (Fsp3) is 0.500. The maximum absolute atomic E-state index is 13.6. The van der Waals surface area contributed by atoms with Crippen LogP contribution in [-0.2, 0) is 17.6 Å². The van der Waals surface area contributed by atoms with E-state index in [2.05, 4.69) is 15.6 Å². The Hall–Kier alpha value is -2.71. The first-order valence-electron chi connectivity index (χ1n) is 12.2. The number of ether oxygens (including phenoxy) is 1. The maximum atomic E-state index is 13.6. The molecule has 0 radical (unpaired) electrons. The van der Waals surface area contributed by atoms with Gasteiger partial charge in [-0.15, -0.1) is 0 Å². The van der Waals surface area contributed by atoms with Crippen LogP contribution in [-0.4, -0.2) is 45.7 Å². The number of aliphatic hydroxyl groups excluding tert-OH is 1. The summed E-state index contributed by atoms with van der Waals surface area (Å²) in [5, 5.41) is 17.1. The minimum absolute atomic E-state index is 0.0166. The summed E-state index contributed by atoms with van der Waals surface area (Å²) in [6.45, 7) is -0.273. The van der Waals surface area contributed by atoms with Crippen LogP contribution in [0, 0.1) is 5.82 Å². The quantitative estimate of drug-likeness (QED) is 0.562. The fourth-order valence-electron chi connectivity index (χ4n) is 5.71. The number of fused-ring (bicyclic) bond motifs is 4. The van der Waals surface area contributed by atoms with E-state index in [0.717, 1.165) is 37.4 Å². The molecule has 1 aromatic carbocycles. The predicted octanol–water partition coefficient (Wildman–Crippen LogP) is 3.49. The number of aromatic nitrogens is 1. The second-order valence-electron chi connectivity index (χ2n) is 10.0. The van der Waals surface area contributed by atoms with Gasteiger partial charge >= 0.3 is 0 Å². The van der Waals surface area contributed by atoms with Crippen LogP contribution in [0.15, 0.2) is 30.3 Å². The van der Waals surface area contributed by atoms with Crippen molar-refractivity contribution in [1.82, 2.24) is 15.6 Å². The Morgan fingerprint density at radius 2 is 1.89 bits per heavy atom. The minimum Gasteiger partial charge on any atom is -0.484 e. The summed E-state index contributed by atoms with van der Waals surface area (Å²) in [6, 6.07) is 7.76. The van der Waals surface area contributed by atoms with Crippen molar-refractivity contribution in [3.05, 3.63) is 58.1 Å². The lowest BCUT2D eigenvalue weighted by Gasteiger charge is -2.56. The first-order valence-corrected chi connectivity index (χ1v) is 12.5. The molecule has 0 unspecified atom stereocenters. The lowest BCUT2D eigenvalue weighted by molar-refractivity contribution is -0.129. The van der Waals surface area contributed by atoms with Crippen molar-refractivity contribution in [1.29, 1.82) is 0 Å². The van der Waals surface area contributed by atoms with E-state index in [9.17, 15) is 19.1 Å². The van der Waals surface area contributed by atoms with E-state index in [-0.39, 0.29) is 29.2 Å². The molecule has 3 fully saturated rings. The Morgan fingerprint density at radius 1 is 1.11 bits per heavy atom. The molecule has 186 valence electrons. The number of carbonyl (C=O) groups is 2.